The van der Waals surface area contributed by atoms with Gasteiger partial charge in [0, 0.05) is 23.8 Å². The van der Waals surface area contributed by atoms with Crippen molar-refractivity contribution in [2.45, 2.75) is 6.92 Å². The zero-order valence-electron chi connectivity index (χ0n) is 11.3. The first-order valence-corrected chi connectivity index (χ1v) is 6.74. The lowest BCUT2D eigenvalue weighted by atomic mass is 10.2. The molecule has 7 heteroatoms. The second-order valence-corrected chi connectivity index (χ2v) is 4.91. The van der Waals surface area contributed by atoms with E-state index < -0.39 is 0 Å². The van der Waals surface area contributed by atoms with Gasteiger partial charge in [-0.2, -0.15) is 0 Å². The number of aryl methyl sites for hydroxylation is 1. The van der Waals surface area contributed by atoms with Gasteiger partial charge in [-0.05, 0) is 37.3 Å². The smallest absolute Gasteiger partial charge is 0.273 e. The van der Waals surface area contributed by atoms with E-state index >= 15 is 0 Å². The standard InChI is InChI=1S/C14H13N5OS/c1-9-16-8-12(17-9)13(20)18-10-3-2-4-11(7-10)19-6-5-15-14(19)21/h2-8H,1H3,(H,15,21)(H,16,17)(H,18,20). The fourth-order valence-corrected chi connectivity index (χ4v) is 2.23. The topological polar surface area (TPSA) is 78.5 Å². The van der Waals surface area contributed by atoms with Gasteiger partial charge in [0.1, 0.15) is 11.5 Å². The van der Waals surface area contributed by atoms with E-state index in [0.717, 1.165) is 5.69 Å². The number of benzene rings is 1. The van der Waals surface area contributed by atoms with Crippen LogP contribution in [0.1, 0.15) is 16.3 Å². The Morgan fingerprint density at radius 1 is 1.43 bits per heavy atom. The molecule has 2 aromatic heterocycles. The maximum atomic E-state index is 12.1. The van der Waals surface area contributed by atoms with Crippen molar-refractivity contribution < 1.29 is 4.79 Å². The van der Waals surface area contributed by atoms with Crippen LogP contribution in [0.25, 0.3) is 5.69 Å². The number of amides is 1. The van der Waals surface area contributed by atoms with Crippen LogP contribution in [-0.4, -0.2) is 25.4 Å². The number of aromatic amines is 2. The summed E-state index contributed by atoms with van der Waals surface area (Å²) in [5.41, 5.74) is 1.99. The lowest BCUT2D eigenvalue weighted by molar-refractivity contribution is 0.102. The van der Waals surface area contributed by atoms with Gasteiger partial charge in [0.2, 0.25) is 0 Å². The highest BCUT2D eigenvalue weighted by Crippen LogP contribution is 2.15. The summed E-state index contributed by atoms with van der Waals surface area (Å²) in [6.45, 7) is 1.80. The van der Waals surface area contributed by atoms with E-state index in [1.807, 2.05) is 35.0 Å². The van der Waals surface area contributed by atoms with Gasteiger partial charge >= 0.3 is 0 Å². The highest BCUT2D eigenvalue weighted by molar-refractivity contribution is 7.71. The number of aromatic nitrogens is 4. The lowest BCUT2D eigenvalue weighted by Gasteiger charge is -2.07. The third-order valence-corrected chi connectivity index (χ3v) is 3.29. The van der Waals surface area contributed by atoms with Gasteiger partial charge in [0.25, 0.3) is 5.91 Å². The minimum atomic E-state index is -0.231. The number of hydrogen-bond acceptors (Lipinski definition) is 3. The minimum absolute atomic E-state index is 0.231. The summed E-state index contributed by atoms with van der Waals surface area (Å²) >= 11 is 5.18. The Morgan fingerprint density at radius 2 is 2.29 bits per heavy atom. The molecule has 0 bridgehead atoms. The van der Waals surface area contributed by atoms with Gasteiger partial charge in [-0.25, -0.2) is 4.98 Å². The van der Waals surface area contributed by atoms with Gasteiger partial charge < -0.3 is 15.3 Å². The molecule has 3 rings (SSSR count). The van der Waals surface area contributed by atoms with E-state index in [-0.39, 0.29) is 5.91 Å². The number of anilines is 1. The molecule has 2 heterocycles. The zero-order chi connectivity index (χ0) is 14.8. The van der Waals surface area contributed by atoms with Gasteiger partial charge in [0.05, 0.1) is 6.20 Å². The molecule has 106 valence electrons. The molecular weight excluding hydrogens is 286 g/mol. The first-order chi connectivity index (χ1) is 10.1. The van der Waals surface area contributed by atoms with Crippen LogP contribution in [0, 0.1) is 11.7 Å². The van der Waals surface area contributed by atoms with E-state index in [0.29, 0.717) is 22.0 Å². The van der Waals surface area contributed by atoms with Gasteiger partial charge in [0.15, 0.2) is 4.77 Å². The third-order valence-electron chi connectivity index (χ3n) is 2.98. The number of H-pyrrole nitrogens is 2. The lowest BCUT2D eigenvalue weighted by Crippen LogP contribution is -2.12. The second kappa shape index (κ2) is 5.37. The average molecular weight is 299 g/mol. The van der Waals surface area contributed by atoms with E-state index in [9.17, 15) is 4.79 Å². The maximum Gasteiger partial charge on any atom is 0.273 e. The number of nitrogens with one attached hydrogen (secondary N) is 3. The number of carbonyl (C=O) groups is 1. The van der Waals surface area contributed by atoms with Gasteiger partial charge in [-0.15, -0.1) is 0 Å². The Hall–Kier alpha value is -2.67. The summed E-state index contributed by atoms with van der Waals surface area (Å²) in [5.74, 6) is 0.470. The average Bonchev–Trinajstić information content (AvgIpc) is 3.08. The van der Waals surface area contributed by atoms with Crippen molar-refractivity contribution in [2.24, 2.45) is 0 Å². The maximum absolute atomic E-state index is 12.1. The van der Waals surface area contributed by atoms with Gasteiger partial charge in [-0.1, -0.05) is 6.07 Å². The van der Waals surface area contributed by atoms with Crippen molar-refractivity contribution in [3.05, 3.63) is 59.1 Å². The number of hydrogen-bond donors (Lipinski definition) is 3. The summed E-state index contributed by atoms with van der Waals surface area (Å²) < 4.78 is 2.42. The SMILES string of the molecule is Cc1ncc(C(=O)Nc2cccc(-n3cc[nH]c3=S)c2)[nH]1. The van der Waals surface area contributed by atoms with Crippen LogP contribution in [0.3, 0.4) is 0 Å². The first kappa shape index (κ1) is 13.3. The third kappa shape index (κ3) is 2.77. The molecule has 1 amide bonds. The molecule has 0 saturated heterocycles. The van der Waals surface area contributed by atoms with Crippen molar-refractivity contribution in [3.8, 4) is 5.69 Å². The molecule has 0 atom stereocenters. The quantitative estimate of drug-likeness (QED) is 0.651. The Labute approximate surface area is 125 Å². The van der Waals surface area contributed by atoms with Crippen LogP contribution in [0.2, 0.25) is 0 Å². The highest BCUT2D eigenvalue weighted by atomic mass is 32.1. The molecule has 1 aromatic carbocycles. The number of nitrogens with zero attached hydrogens (tertiary/aromatic N) is 2. The summed E-state index contributed by atoms with van der Waals surface area (Å²) in [6.07, 6.45) is 5.11. The fourth-order valence-electron chi connectivity index (χ4n) is 1.99. The van der Waals surface area contributed by atoms with Crippen molar-refractivity contribution in [1.29, 1.82) is 0 Å². The van der Waals surface area contributed by atoms with Crippen molar-refractivity contribution in [1.82, 2.24) is 19.5 Å². The zero-order valence-corrected chi connectivity index (χ0v) is 12.1. The predicted molar refractivity (Wildman–Crippen MR) is 82.2 cm³/mol. The molecule has 3 aromatic rings. The second-order valence-electron chi connectivity index (χ2n) is 4.52. The molecule has 3 N–H and O–H groups in total. The molecule has 6 nitrogen and oxygen atoms in total. The Morgan fingerprint density at radius 3 is 2.95 bits per heavy atom. The molecule has 0 spiro atoms. The highest BCUT2D eigenvalue weighted by Gasteiger charge is 2.09. The summed E-state index contributed by atoms with van der Waals surface area (Å²) in [7, 11) is 0. The summed E-state index contributed by atoms with van der Waals surface area (Å²) in [6, 6.07) is 7.45. The summed E-state index contributed by atoms with van der Waals surface area (Å²) in [4.78, 5) is 21.9. The number of rotatable bonds is 3. The minimum Gasteiger partial charge on any atom is -0.338 e. The molecule has 0 radical (unpaired) electrons. The molecular formula is C14H13N5OS. The normalized spacial score (nSPS) is 10.5. The van der Waals surface area contributed by atoms with E-state index in [2.05, 4.69) is 20.3 Å². The van der Waals surface area contributed by atoms with Crippen LogP contribution in [0.5, 0.6) is 0 Å². The summed E-state index contributed by atoms with van der Waals surface area (Å²) in [5, 5.41) is 2.83. The van der Waals surface area contributed by atoms with Crippen LogP contribution in [-0.2, 0) is 0 Å². The molecule has 0 aliphatic rings. The fraction of sp³-hybridized carbons (Fsp3) is 0.0714. The monoisotopic (exact) mass is 299 g/mol. The molecule has 0 saturated carbocycles. The number of imidazole rings is 2. The predicted octanol–water partition coefficient (Wildman–Crippen LogP) is 2.82. The van der Waals surface area contributed by atoms with Crippen molar-refractivity contribution in [3.63, 3.8) is 0 Å². The Bertz CT molecular complexity index is 845. The molecule has 0 aliphatic heterocycles. The Kier molecular flexibility index (Phi) is 3.41. The van der Waals surface area contributed by atoms with E-state index in [1.54, 1.807) is 13.1 Å². The first-order valence-electron chi connectivity index (χ1n) is 6.33. The largest absolute Gasteiger partial charge is 0.338 e. The van der Waals surface area contributed by atoms with Crippen LogP contribution in [0.15, 0.2) is 42.9 Å². The Balaban J connectivity index is 1.85. The molecule has 0 unspecified atom stereocenters. The van der Waals surface area contributed by atoms with Crippen LogP contribution >= 0.6 is 12.2 Å². The molecule has 21 heavy (non-hydrogen) atoms. The van der Waals surface area contributed by atoms with Crippen molar-refractivity contribution in [2.75, 3.05) is 5.32 Å². The van der Waals surface area contributed by atoms with E-state index in [1.165, 1.54) is 6.20 Å². The van der Waals surface area contributed by atoms with Gasteiger partial charge in [-0.3, -0.25) is 9.36 Å². The molecule has 0 fully saturated rings. The van der Waals surface area contributed by atoms with Crippen LogP contribution < -0.4 is 5.32 Å². The molecule has 0 aliphatic carbocycles. The van der Waals surface area contributed by atoms with Crippen LogP contribution in [0.4, 0.5) is 5.69 Å². The van der Waals surface area contributed by atoms with E-state index in [4.69, 9.17) is 12.2 Å². The number of carbonyl (C=O) groups excluding carboxylic acids is 1. The van der Waals surface area contributed by atoms with Crippen molar-refractivity contribution >= 4 is 23.8 Å².